The van der Waals surface area contributed by atoms with Gasteiger partial charge in [-0.3, -0.25) is 14.9 Å². The zero-order valence-electron chi connectivity index (χ0n) is 15.0. The summed E-state index contributed by atoms with van der Waals surface area (Å²) >= 11 is 5.82. The lowest BCUT2D eigenvalue weighted by atomic mass is 10.1. The number of rotatable bonds is 4. The van der Waals surface area contributed by atoms with Gasteiger partial charge in [-0.1, -0.05) is 29.8 Å². The van der Waals surface area contributed by atoms with Crippen molar-refractivity contribution in [2.45, 2.75) is 13.5 Å². The first kappa shape index (κ1) is 18.0. The number of nitro groups is 1. The van der Waals surface area contributed by atoms with Gasteiger partial charge in [0.2, 0.25) is 0 Å². The molecule has 0 saturated carbocycles. The van der Waals surface area contributed by atoms with Gasteiger partial charge in [0.15, 0.2) is 0 Å². The van der Waals surface area contributed by atoms with E-state index in [1.54, 1.807) is 0 Å². The Balaban J connectivity index is 1.72. The summed E-state index contributed by atoms with van der Waals surface area (Å²) in [5, 5.41) is 16.0. The fourth-order valence-electron chi connectivity index (χ4n) is 3.47. The van der Waals surface area contributed by atoms with E-state index >= 15 is 0 Å². The normalized spacial score (nSPS) is 11.1. The number of anilines is 1. The third kappa shape index (κ3) is 2.97. The van der Waals surface area contributed by atoms with Crippen LogP contribution in [0.4, 0.5) is 11.4 Å². The quantitative estimate of drug-likeness (QED) is 0.360. The number of amides is 1. The molecule has 0 fully saturated rings. The standard InChI is InChI=1S/C21H16ClN3O3/c1-2-24-18-6-4-3-5-15(18)16-12-14(8-10-19(16)24)23-21(26)13-7-9-17(22)20(11-13)25(27)28/h3-12H,2H2,1H3,(H,23,26). The molecule has 3 aromatic carbocycles. The van der Waals surface area contributed by atoms with Gasteiger partial charge in [0.1, 0.15) is 5.02 Å². The summed E-state index contributed by atoms with van der Waals surface area (Å²) in [5.74, 6) is -0.432. The molecule has 7 heteroatoms. The minimum Gasteiger partial charge on any atom is -0.341 e. The molecule has 6 nitrogen and oxygen atoms in total. The molecule has 0 unspecified atom stereocenters. The molecule has 140 valence electrons. The van der Waals surface area contributed by atoms with E-state index in [-0.39, 0.29) is 16.3 Å². The lowest BCUT2D eigenvalue weighted by Crippen LogP contribution is -2.12. The van der Waals surface area contributed by atoms with Gasteiger partial charge < -0.3 is 9.88 Å². The van der Waals surface area contributed by atoms with Gasteiger partial charge in [-0.2, -0.15) is 0 Å². The number of nitrogens with one attached hydrogen (secondary N) is 1. The van der Waals surface area contributed by atoms with Crippen LogP contribution in [0.3, 0.4) is 0 Å². The molecule has 0 atom stereocenters. The van der Waals surface area contributed by atoms with Crippen LogP contribution in [0.2, 0.25) is 5.02 Å². The largest absolute Gasteiger partial charge is 0.341 e. The van der Waals surface area contributed by atoms with Crippen molar-refractivity contribution in [1.29, 1.82) is 0 Å². The van der Waals surface area contributed by atoms with Gasteiger partial charge in [0.05, 0.1) is 4.92 Å². The minimum atomic E-state index is -0.606. The van der Waals surface area contributed by atoms with Crippen molar-refractivity contribution in [1.82, 2.24) is 4.57 Å². The Hall–Kier alpha value is -3.38. The molecule has 1 amide bonds. The fraction of sp³-hybridized carbons (Fsp3) is 0.0952. The van der Waals surface area contributed by atoms with Crippen LogP contribution in [0.25, 0.3) is 21.8 Å². The molecular weight excluding hydrogens is 378 g/mol. The molecular formula is C21H16ClN3O3. The summed E-state index contributed by atoms with van der Waals surface area (Å²) < 4.78 is 2.22. The average molecular weight is 394 g/mol. The van der Waals surface area contributed by atoms with Crippen LogP contribution >= 0.6 is 11.6 Å². The lowest BCUT2D eigenvalue weighted by Gasteiger charge is -2.07. The molecule has 0 aliphatic rings. The van der Waals surface area contributed by atoms with Crippen LogP contribution in [0.5, 0.6) is 0 Å². The Morgan fingerprint density at radius 2 is 1.82 bits per heavy atom. The SMILES string of the molecule is CCn1c2ccccc2c2cc(NC(=O)c3ccc(Cl)c([N+](=O)[O-])c3)ccc21. The molecule has 0 radical (unpaired) electrons. The number of fused-ring (bicyclic) bond motifs is 3. The minimum absolute atomic E-state index is 0.00431. The van der Waals surface area contributed by atoms with Crippen molar-refractivity contribution in [3.05, 3.63) is 81.4 Å². The number of carbonyl (C=O) groups is 1. The number of aryl methyl sites for hydroxylation is 1. The Morgan fingerprint density at radius 1 is 1.07 bits per heavy atom. The fourth-order valence-corrected chi connectivity index (χ4v) is 3.66. The number of benzene rings is 3. The molecule has 0 spiro atoms. The van der Waals surface area contributed by atoms with Crippen molar-refractivity contribution in [2.75, 3.05) is 5.32 Å². The predicted octanol–water partition coefficient (Wildman–Crippen LogP) is 5.63. The van der Waals surface area contributed by atoms with Crippen molar-refractivity contribution >= 4 is 50.7 Å². The van der Waals surface area contributed by atoms with E-state index in [1.807, 2.05) is 30.3 Å². The number of halogens is 1. The second-order valence-electron chi connectivity index (χ2n) is 6.37. The number of para-hydroxylation sites is 1. The van der Waals surface area contributed by atoms with Crippen LogP contribution in [0, 0.1) is 10.1 Å². The molecule has 0 aliphatic heterocycles. The van der Waals surface area contributed by atoms with Crippen molar-refractivity contribution in [2.24, 2.45) is 0 Å². The molecule has 4 aromatic rings. The highest BCUT2D eigenvalue weighted by Crippen LogP contribution is 2.31. The van der Waals surface area contributed by atoms with E-state index in [0.29, 0.717) is 5.69 Å². The highest BCUT2D eigenvalue weighted by atomic mass is 35.5. The van der Waals surface area contributed by atoms with E-state index in [1.165, 1.54) is 18.2 Å². The number of aromatic nitrogens is 1. The number of carbonyl (C=O) groups excluding carboxylic acids is 1. The molecule has 0 bridgehead atoms. The summed E-state index contributed by atoms with van der Waals surface area (Å²) in [6.07, 6.45) is 0. The van der Waals surface area contributed by atoms with Crippen LogP contribution in [0.1, 0.15) is 17.3 Å². The Bertz CT molecular complexity index is 1250. The van der Waals surface area contributed by atoms with Gasteiger partial charge in [0, 0.05) is 45.7 Å². The molecule has 0 aliphatic carbocycles. The molecule has 1 aromatic heterocycles. The third-order valence-electron chi connectivity index (χ3n) is 4.75. The van der Waals surface area contributed by atoms with Gasteiger partial charge in [-0.25, -0.2) is 0 Å². The van der Waals surface area contributed by atoms with Gasteiger partial charge in [-0.05, 0) is 43.3 Å². The molecule has 28 heavy (non-hydrogen) atoms. The summed E-state index contributed by atoms with van der Waals surface area (Å²) in [6.45, 7) is 2.93. The van der Waals surface area contributed by atoms with E-state index in [0.717, 1.165) is 28.4 Å². The highest BCUT2D eigenvalue weighted by Gasteiger charge is 2.17. The van der Waals surface area contributed by atoms with E-state index in [9.17, 15) is 14.9 Å². The van der Waals surface area contributed by atoms with E-state index in [2.05, 4.69) is 28.9 Å². The van der Waals surface area contributed by atoms with Gasteiger partial charge in [0.25, 0.3) is 11.6 Å². The van der Waals surface area contributed by atoms with Crippen molar-refractivity contribution in [3.63, 3.8) is 0 Å². The summed E-state index contributed by atoms with van der Waals surface area (Å²) in [7, 11) is 0. The van der Waals surface area contributed by atoms with Gasteiger partial charge >= 0.3 is 0 Å². The topological polar surface area (TPSA) is 77.2 Å². The molecule has 4 rings (SSSR count). The van der Waals surface area contributed by atoms with E-state index < -0.39 is 10.8 Å². The van der Waals surface area contributed by atoms with Crippen LogP contribution in [0.15, 0.2) is 60.7 Å². The number of nitrogens with zero attached hydrogens (tertiary/aromatic N) is 2. The lowest BCUT2D eigenvalue weighted by molar-refractivity contribution is -0.384. The average Bonchev–Trinajstić information content (AvgIpc) is 3.01. The first-order chi connectivity index (χ1) is 13.5. The van der Waals surface area contributed by atoms with Crippen molar-refractivity contribution in [3.8, 4) is 0 Å². The molecule has 1 N–H and O–H groups in total. The maximum Gasteiger partial charge on any atom is 0.288 e. The monoisotopic (exact) mass is 393 g/mol. The Labute approximate surface area is 165 Å². The summed E-state index contributed by atoms with van der Waals surface area (Å²) in [4.78, 5) is 23.0. The maximum absolute atomic E-state index is 12.6. The van der Waals surface area contributed by atoms with E-state index in [4.69, 9.17) is 11.6 Å². The van der Waals surface area contributed by atoms with Gasteiger partial charge in [-0.15, -0.1) is 0 Å². The second-order valence-corrected chi connectivity index (χ2v) is 6.78. The number of hydrogen-bond donors (Lipinski definition) is 1. The first-order valence-corrected chi connectivity index (χ1v) is 9.13. The third-order valence-corrected chi connectivity index (χ3v) is 5.07. The summed E-state index contributed by atoms with van der Waals surface area (Å²) in [6, 6.07) is 17.8. The second kappa shape index (κ2) is 6.98. The predicted molar refractivity (Wildman–Crippen MR) is 111 cm³/mol. The first-order valence-electron chi connectivity index (χ1n) is 8.76. The zero-order valence-corrected chi connectivity index (χ0v) is 15.7. The molecule has 0 saturated heterocycles. The Morgan fingerprint density at radius 3 is 2.57 bits per heavy atom. The Kier molecular flexibility index (Phi) is 4.49. The van der Waals surface area contributed by atoms with Crippen molar-refractivity contribution < 1.29 is 9.72 Å². The zero-order chi connectivity index (χ0) is 19.8. The maximum atomic E-state index is 12.6. The van der Waals surface area contributed by atoms with Crippen LogP contribution in [-0.4, -0.2) is 15.4 Å². The highest BCUT2D eigenvalue weighted by molar-refractivity contribution is 6.32. The number of nitro benzene ring substituents is 1. The molecule has 1 heterocycles. The van der Waals surface area contributed by atoms with Crippen LogP contribution < -0.4 is 5.32 Å². The number of hydrogen-bond acceptors (Lipinski definition) is 3. The van der Waals surface area contributed by atoms with Crippen LogP contribution in [-0.2, 0) is 6.54 Å². The summed E-state index contributed by atoms with van der Waals surface area (Å²) in [5.41, 5.74) is 2.72. The smallest absolute Gasteiger partial charge is 0.288 e.